The van der Waals surface area contributed by atoms with Gasteiger partial charge in [-0.15, -0.1) is 0 Å². The van der Waals surface area contributed by atoms with Gasteiger partial charge < -0.3 is 4.74 Å². The van der Waals surface area contributed by atoms with Crippen LogP contribution < -0.4 is 4.74 Å². The van der Waals surface area contributed by atoms with Gasteiger partial charge in [0.05, 0.1) is 6.20 Å². The Morgan fingerprint density at radius 1 is 1.47 bits per heavy atom. The lowest BCUT2D eigenvalue weighted by atomic mass is 10.3. The molecule has 1 aromatic rings. The van der Waals surface area contributed by atoms with E-state index in [0.717, 1.165) is 18.3 Å². The Balaban J connectivity index is 2.77. The lowest BCUT2D eigenvalue weighted by Crippen LogP contribution is -2.11. The minimum Gasteiger partial charge on any atom is -0.466 e. The van der Waals surface area contributed by atoms with Gasteiger partial charge >= 0.3 is 6.18 Å². The lowest BCUT2D eigenvalue weighted by molar-refractivity contribution is -0.141. The van der Waals surface area contributed by atoms with Gasteiger partial charge in [-0.3, -0.25) is 4.79 Å². The average Bonchev–Trinajstić information content (AvgIpc) is 2.17. The fourth-order valence-corrected chi connectivity index (χ4v) is 0.878. The minimum absolute atomic E-state index is 0.00454. The van der Waals surface area contributed by atoms with Crippen LogP contribution in [0.15, 0.2) is 18.3 Å². The van der Waals surface area contributed by atoms with Crippen molar-refractivity contribution in [2.24, 2.45) is 0 Å². The molecule has 3 nitrogen and oxygen atoms in total. The third kappa shape index (κ3) is 3.39. The molecule has 0 spiro atoms. The monoisotopic (exact) mass is 239 g/mol. The van der Waals surface area contributed by atoms with Crippen LogP contribution in [-0.2, 0) is 11.0 Å². The molecule has 0 fully saturated rings. The zero-order chi connectivity index (χ0) is 11.5. The molecule has 0 saturated carbocycles. The normalized spacial score (nSPS) is 13.3. The topological polar surface area (TPSA) is 39.2 Å². The highest BCUT2D eigenvalue weighted by Gasteiger charge is 2.32. The maximum Gasteiger partial charge on any atom is 0.433 e. The zero-order valence-corrected chi connectivity index (χ0v) is 7.92. The first-order valence-electron chi connectivity index (χ1n) is 3.73. The number of rotatable bonds is 3. The Labute approximate surface area is 87.8 Å². The molecule has 82 valence electrons. The molecule has 1 atom stereocenters. The summed E-state index contributed by atoms with van der Waals surface area (Å²) < 4.78 is 40.9. The summed E-state index contributed by atoms with van der Waals surface area (Å²) in [5.41, 5.74) is -2.27. The summed E-state index contributed by atoms with van der Waals surface area (Å²) >= 11 is 5.29. The van der Waals surface area contributed by atoms with E-state index in [4.69, 9.17) is 16.3 Å². The molecule has 1 unspecified atom stereocenters. The third-order valence-electron chi connectivity index (χ3n) is 1.38. The number of nitrogens with zero attached hydrogens (tertiary/aromatic N) is 1. The second-order valence-electron chi connectivity index (χ2n) is 2.48. The number of alkyl halides is 4. The van der Waals surface area contributed by atoms with Crippen LogP contribution in [0.25, 0.3) is 0 Å². The van der Waals surface area contributed by atoms with E-state index >= 15 is 0 Å². The lowest BCUT2D eigenvalue weighted by Gasteiger charge is -2.08. The molecule has 1 rings (SSSR count). The molecule has 0 radical (unpaired) electrons. The zero-order valence-electron chi connectivity index (χ0n) is 7.16. The molecule has 1 aromatic heterocycles. The highest BCUT2D eigenvalue weighted by molar-refractivity contribution is 6.26. The van der Waals surface area contributed by atoms with Crippen LogP contribution in [0.5, 0.6) is 5.75 Å². The third-order valence-corrected chi connectivity index (χ3v) is 1.57. The maximum atomic E-state index is 12.1. The molecule has 0 aliphatic heterocycles. The van der Waals surface area contributed by atoms with E-state index in [1.807, 2.05) is 0 Å². The molecule has 15 heavy (non-hydrogen) atoms. The van der Waals surface area contributed by atoms with E-state index in [0.29, 0.717) is 6.29 Å². The Morgan fingerprint density at radius 2 is 2.13 bits per heavy atom. The van der Waals surface area contributed by atoms with E-state index in [-0.39, 0.29) is 5.75 Å². The summed E-state index contributed by atoms with van der Waals surface area (Å²) in [7, 11) is 0. The van der Waals surface area contributed by atoms with E-state index in [1.54, 1.807) is 0 Å². The number of ether oxygens (including phenoxy) is 1. The highest BCUT2D eigenvalue weighted by atomic mass is 35.5. The predicted octanol–water partition coefficient (Wildman–Crippen LogP) is 2.24. The molecular formula is C8H5ClF3NO2. The molecule has 0 saturated heterocycles. The highest BCUT2D eigenvalue weighted by Crippen LogP contribution is 2.28. The second kappa shape index (κ2) is 4.48. The van der Waals surface area contributed by atoms with E-state index in [9.17, 15) is 18.0 Å². The molecule has 0 aliphatic carbocycles. The summed E-state index contributed by atoms with van der Waals surface area (Å²) in [6.45, 7) is 0. The van der Waals surface area contributed by atoms with Crippen molar-refractivity contribution >= 4 is 17.9 Å². The number of hydrogen-bond donors (Lipinski definition) is 0. The van der Waals surface area contributed by atoms with Gasteiger partial charge in [-0.1, -0.05) is 11.6 Å². The fraction of sp³-hybridized carbons (Fsp3) is 0.250. The molecule has 0 aromatic carbocycles. The number of halogens is 4. The van der Waals surface area contributed by atoms with Crippen molar-refractivity contribution in [2.45, 2.75) is 11.7 Å². The van der Waals surface area contributed by atoms with Crippen molar-refractivity contribution in [3.05, 3.63) is 24.0 Å². The van der Waals surface area contributed by atoms with E-state index < -0.39 is 17.4 Å². The largest absolute Gasteiger partial charge is 0.466 e. The summed E-state index contributed by atoms with van der Waals surface area (Å²) in [6.07, 6.45) is -3.34. The first-order chi connectivity index (χ1) is 6.93. The standard InChI is InChI=1S/C8H5ClF3NO2/c9-7(4-14)15-5-1-2-6(13-3-5)8(10,11)12/h1-4,7H. The van der Waals surface area contributed by atoms with Crippen LogP contribution >= 0.6 is 11.6 Å². The molecule has 0 bridgehead atoms. The molecule has 0 N–H and O–H groups in total. The van der Waals surface area contributed by atoms with Crippen molar-refractivity contribution in [2.75, 3.05) is 0 Å². The molecule has 1 heterocycles. The molecule has 0 aliphatic rings. The van der Waals surface area contributed by atoms with E-state index in [2.05, 4.69) is 4.98 Å². The van der Waals surface area contributed by atoms with Gasteiger partial charge in [-0.2, -0.15) is 13.2 Å². The van der Waals surface area contributed by atoms with Crippen LogP contribution in [0, 0.1) is 0 Å². The molecular weight excluding hydrogens is 235 g/mol. The number of carbonyl (C=O) groups excluding carboxylic acids is 1. The van der Waals surface area contributed by atoms with Crippen molar-refractivity contribution in [3.8, 4) is 5.75 Å². The molecule has 7 heteroatoms. The fourth-order valence-electron chi connectivity index (χ4n) is 0.775. The van der Waals surface area contributed by atoms with Crippen molar-refractivity contribution < 1.29 is 22.7 Å². The number of aromatic nitrogens is 1. The van der Waals surface area contributed by atoms with E-state index in [1.165, 1.54) is 0 Å². The minimum atomic E-state index is -4.50. The van der Waals surface area contributed by atoms with Crippen molar-refractivity contribution in [1.29, 1.82) is 0 Å². The number of carbonyl (C=O) groups is 1. The van der Waals surface area contributed by atoms with Gasteiger partial charge in [0.2, 0.25) is 5.56 Å². The van der Waals surface area contributed by atoms with Gasteiger partial charge in [0.1, 0.15) is 11.4 Å². The summed E-state index contributed by atoms with van der Waals surface area (Å²) in [6, 6.07) is 1.78. The van der Waals surface area contributed by atoms with Gasteiger partial charge in [0, 0.05) is 0 Å². The summed E-state index contributed by atoms with van der Waals surface area (Å²) in [5, 5.41) is 0. The van der Waals surface area contributed by atoms with Gasteiger partial charge in [0.25, 0.3) is 0 Å². The van der Waals surface area contributed by atoms with Gasteiger partial charge in [-0.05, 0) is 12.1 Å². The van der Waals surface area contributed by atoms with Crippen molar-refractivity contribution in [1.82, 2.24) is 4.98 Å². The van der Waals surface area contributed by atoms with Crippen LogP contribution in [0.4, 0.5) is 13.2 Å². The van der Waals surface area contributed by atoms with Crippen LogP contribution in [0.1, 0.15) is 5.69 Å². The number of aldehydes is 1. The average molecular weight is 240 g/mol. The summed E-state index contributed by atoms with van der Waals surface area (Å²) in [4.78, 5) is 13.2. The Hall–Kier alpha value is -1.30. The Bertz CT molecular complexity index is 339. The van der Waals surface area contributed by atoms with Crippen LogP contribution in [0.2, 0.25) is 0 Å². The predicted molar refractivity (Wildman–Crippen MR) is 45.6 cm³/mol. The summed E-state index contributed by atoms with van der Waals surface area (Å²) in [5.74, 6) is -0.00454. The molecule has 0 amide bonds. The van der Waals surface area contributed by atoms with Gasteiger partial charge in [0.15, 0.2) is 6.29 Å². The first-order valence-corrected chi connectivity index (χ1v) is 4.16. The van der Waals surface area contributed by atoms with Gasteiger partial charge in [-0.25, -0.2) is 4.98 Å². The maximum absolute atomic E-state index is 12.1. The number of pyridine rings is 1. The quantitative estimate of drug-likeness (QED) is 0.600. The van der Waals surface area contributed by atoms with Crippen LogP contribution in [0.3, 0.4) is 0 Å². The SMILES string of the molecule is O=CC(Cl)Oc1ccc(C(F)(F)F)nc1. The van der Waals surface area contributed by atoms with Crippen molar-refractivity contribution in [3.63, 3.8) is 0 Å². The first kappa shape index (κ1) is 11.8. The smallest absolute Gasteiger partial charge is 0.433 e. The Kier molecular flexibility index (Phi) is 3.52. The number of hydrogen-bond acceptors (Lipinski definition) is 3. The van der Waals surface area contributed by atoms with Crippen LogP contribution in [-0.4, -0.2) is 16.8 Å². The second-order valence-corrected chi connectivity index (χ2v) is 2.91. The Morgan fingerprint density at radius 3 is 2.53 bits per heavy atom.